The maximum atomic E-state index is 12.9. The highest BCUT2D eigenvalue weighted by Crippen LogP contribution is 2.15. The van der Waals surface area contributed by atoms with Gasteiger partial charge in [0, 0.05) is 19.3 Å². The number of allylic oxidation sites excluding steroid dienone is 22. The Morgan fingerprint density at radius 1 is 0.259 bits per heavy atom. The Kier molecular flexibility index (Phi) is 64.3. The number of carbonyl (C=O) groups excluding carboxylic acids is 3. The van der Waals surface area contributed by atoms with Gasteiger partial charge in [-0.25, -0.2) is 0 Å². The molecule has 6 heteroatoms. The minimum atomic E-state index is -0.806. The fourth-order valence-electron chi connectivity index (χ4n) is 9.07. The van der Waals surface area contributed by atoms with Crippen molar-refractivity contribution in [3.05, 3.63) is 134 Å². The predicted octanol–water partition coefficient (Wildman–Crippen LogP) is 23.3. The Labute approximate surface area is 500 Å². The number of hydrogen-bond acceptors (Lipinski definition) is 6. The van der Waals surface area contributed by atoms with Crippen molar-refractivity contribution in [2.45, 2.75) is 309 Å². The van der Waals surface area contributed by atoms with Gasteiger partial charge in [0.15, 0.2) is 6.10 Å². The minimum absolute atomic E-state index is 0.0999. The third kappa shape index (κ3) is 66.2. The zero-order valence-corrected chi connectivity index (χ0v) is 52.8. The highest BCUT2D eigenvalue weighted by atomic mass is 16.6. The predicted molar refractivity (Wildman–Crippen MR) is 353 cm³/mol. The molecule has 81 heavy (non-hydrogen) atoms. The molecule has 1 unspecified atom stereocenters. The van der Waals surface area contributed by atoms with Crippen LogP contribution in [0.3, 0.4) is 0 Å². The lowest BCUT2D eigenvalue weighted by Crippen LogP contribution is -2.30. The van der Waals surface area contributed by atoms with E-state index in [1.54, 1.807) is 0 Å². The SMILES string of the molecule is CC/C=C\C/C=C\C/C=C\C/C=C\C/C=C\C/C=C\C/C=C\CCCCCC(=O)OCC(COC(=O)CCCCCCC/C=C\C/C=C\CCCCC)OC(=O)CCCCCCCCCCCCC/C=C\C/C=C\CCCCCCC. The van der Waals surface area contributed by atoms with Crippen molar-refractivity contribution in [2.24, 2.45) is 0 Å². The fraction of sp³-hybridized carbons (Fsp3) is 0.667. The molecule has 0 saturated heterocycles. The molecule has 1 atom stereocenters. The summed E-state index contributed by atoms with van der Waals surface area (Å²) in [6.45, 7) is 6.46. The van der Waals surface area contributed by atoms with Gasteiger partial charge < -0.3 is 14.2 Å². The van der Waals surface area contributed by atoms with E-state index < -0.39 is 6.10 Å². The smallest absolute Gasteiger partial charge is 0.306 e. The topological polar surface area (TPSA) is 78.9 Å². The fourth-order valence-corrected chi connectivity index (χ4v) is 9.07. The van der Waals surface area contributed by atoms with Gasteiger partial charge in [-0.1, -0.05) is 276 Å². The average Bonchev–Trinajstić information content (AvgIpc) is 3.47. The van der Waals surface area contributed by atoms with E-state index >= 15 is 0 Å². The number of unbranched alkanes of at least 4 members (excludes halogenated alkanes) is 27. The Balaban J connectivity index is 4.45. The molecule has 0 heterocycles. The Morgan fingerprint density at radius 3 is 0.790 bits per heavy atom. The second-order valence-electron chi connectivity index (χ2n) is 22.0. The lowest BCUT2D eigenvalue weighted by molar-refractivity contribution is -0.167. The number of carbonyl (C=O) groups is 3. The van der Waals surface area contributed by atoms with Gasteiger partial charge in [0.1, 0.15) is 13.2 Å². The van der Waals surface area contributed by atoms with Crippen LogP contribution in [0.5, 0.6) is 0 Å². The van der Waals surface area contributed by atoms with Crippen molar-refractivity contribution >= 4 is 17.9 Å². The van der Waals surface area contributed by atoms with Gasteiger partial charge in [0.05, 0.1) is 0 Å². The lowest BCUT2D eigenvalue weighted by Gasteiger charge is -2.18. The van der Waals surface area contributed by atoms with E-state index in [2.05, 4.69) is 154 Å². The van der Waals surface area contributed by atoms with Crippen molar-refractivity contribution < 1.29 is 28.6 Å². The monoisotopic (exact) mass is 1120 g/mol. The molecule has 6 nitrogen and oxygen atoms in total. The molecule has 0 rings (SSSR count). The maximum Gasteiger partial charge on any atom is 0.306 e. The number of hydrogen-bond donors (Lipinski definition) is 0. The van der Waals surface area contributed by atoms with Gasteiger partial charge in [-0.3, -0.25) is 14.4 Å². The molecule has 0 spiro atoms. The van der Waals surface area contributed by atoms with E-state index in [1.807, 2.05) is 0 Å². The third-order valence-corrected chi connectivity index (χ3v) is 14.1. The molecule has 0 aliphatic carbocycles. The van der Waals surface area contributed by atoms with Crippen molar-refractivity contribution in [3.8, 4) is 0 Å². The van der Waals surface area contributed by atoms with Crippen LogP contribution in [0, 0.1) is 0 Å². The Bertz CT molecular complexity index is 1720. The van der Waals surface area contributed by atoms with E-state index in [4.69, 9.17) is 14.2 Å². The van der Waals surface area contributed by atoms with Crippen molar-refractivity contribution in [2.75, 3.05) is 13.2 Å². The largest absolute Gasteiger partial charge is 0.462 e. The quantitative estimate of drug-likeness (QED) is 0.0261. The van der Waals surface area contributed by atoms with Crippen LogP contribution in [0.1, 0.15) is 303 Å². The van der Waals surface area contributed by atoms with Gasteiger partial charge in [-0.15, -0.1) is 0 Å². The normalized spacial score (nSPS) is 13.0. The molecular weight excluding hydrogens is 997 g/mol. The first-order chi connectivity index (χ1) is 40.0. The Morgan fingerprint density at radius 2 is 0.481 bits per heavy atom. The van der Waals surface area contributed by atoms with Gasteiger partial charge in [-0.2, -0.15) is 0 Å². The van der Waals surface area contributed by atoms with Crippen LogP contribution < -0.4 is 0 Å². The summed E-state index contributed by atoms with van der Waals surface area (Å²) in [5.41, 5.74) is 0. The van der Waals surface area contributed by atoms with Gasteiger partial charge >= 0.3 is 17.9 Å². The number of rotatable bonds is 60. The molecule has 0 radical (unpaired) electrons. The molecule has 0 aromatic carbocycles. The van der Waals surface area contributed by atoms with Crippen LogP contribution in [0.2, 0.25) is 0 Å². The Hall–Kier alpha value is -4.45. The zero-order valence-electron chi connectivity index (χ0n) is 52.8. The summed E-state index contributed by atoms with van der Waals surface area (Å²) >= 11 is 0. The summed E-state index contributed by atoms with van der Waals surface area (Å²) in [7, 11) is 0. The lowest BCUT2D eigenvalue weighted by atomic mass is 10.0. The van der Waals surface area contributed by atoms with E-state index in [0.29, 0.717) is 19.3 Å². The molecule has 0 aromatic rings. The van der Waals surface area contributed by atoms with Crippen LogP contribution in [-0.2, 0) is 28.6 Å². The summed E-state index contributed by atoms with van der Waals surface area (Å²) in [6, 6.07) is 0. The molecule has 0 amide bonds. The molecule has 460 valence electrons. The van der Waals surface area contributed by atoms with E-state index in [0.717, 1.165) is 141 Å². The standard InChI is InChI=1S/C75H124O6/c1-4-7-10-13-16-19-22-25-28-30-32-34-36-37-39-40-42-44-47-50-53-56-59-62-65-68-74(77)80-71-72(70-79-73(76)67-64-61-58-55-52-49-46-27-24-21-18-15-12-9-6-3)81-75(78)69-66-63-60-57-54-51-48-45-43-41-38-35-33-31-29-26-23-20-17-14-11-8-5-2/h7,10,16,18-19,21,23,25-28,31-34,37,39,42,44,46,50,53,72H,4-6,8-9,11-15,17,20,22,24,29-30,35-36,38,40-41,43,45,47-49,51-52,54-71H2,1-3H3/b10-7-,19-16-,21-18-,26-23-,28-25-,33-31-,34-32-,39-37-,44-42-,46-27-,53-50-. The third-order valence-electron chi connectivity index (χ3n) is 14.1. The molecule has 0 aliphatic rings. The number of ether oxygens (including phenoxy) is 3. The van der Waals surface area contributed by atoms with Crippen LogP contribution in [0.15, 0.2) is 134 Å². The summed E-state index contributed by atoms with van der Waals surface area (Å²) in [4.78, 5) is 38.4. The molecule has 0 fully saturated rings. The molecule has 0 aromatic heterocycles. The summed E-state index contributed by atoms with van der Waals surface area (Å²) in [5.74, 6) is -0.943. The molecular formula is C75H124O6. The number of esters is 3. The van der Waals surface area contributed by atoms with Crippen LogP contribution in [0.4, 0.5) is 0 Å². The van der Waals surface area contributed by atoms with Crippen LogP contribution in [-0.4, -0.2) is 37.2 Å². The summed E-state index contributed by atoms with van der Waals surface area (Å²) < 4.78 is 16.9. The summed E-state index contributed by atoms with van der Waals surface area (Å²) in [6.07, 6.45) is 96.0. The molecule has 0 N–H and O–H groups in total. The van der Waals surface area contributed by atoms with Gasteiger partial charge in [0.2, 0.25) is 0 Å². The van der Waals surface area contributed by atoms with E-state index in [-0.39, 0.29) is 31.1 Å². The first kappa shape index (κ1) is 76.5. The second kappa shape index (κ2) is 68.1. The van der Waals surface area contributed by atoms with E-state index in [1.165, 1.54) is 122 Å². The van der Waals surface area contributed by atoms with Crippen molar-refractivity contribution in [3.63, 3.8) is 0 Å². The first-order valence-electron chi connectivity index (χ1n) is 33.7. The second-order valence-corrected chi connectivity index (χ2v) is 22.0. The summed E-state index contributed by atoms with van der Waals surface area (Å²) in [5, 5.41) is 0. The average molecular weight is 1120 g/mol. The van der Waals surface area contributed by atoms with Crippen molar-refractivity contribution in [1.82, 2.24) is 0 Å². The van der Waals surface area contributed by atoms with E-state index in [9.17, 15) is 14.4 Å². The van der Waals surface area contributed by atoms with Gasteiger partial charge in [0.25, 0.3) is 0 Å². The van der Waals surface area contributed by atoms with Crippen LogP contribution in [0.25, 0.3) is 0 Å². The first-order valence-corrected chi connectivity index (χ1v) is 33.7. The minimum Gasteiger partial charge on any atom is -0.462 e. The maximum absolute atomic E-state index is 12.9. The van der Waals surface area contributed by atoms with Crippen LogP contribution >= 0.6 is 0 Å². The molecule has 0 bridgehead atoms. The highest BCUT2D eigenvalue weighted by Gasteiger charge is 2.19. The van der Waals surface area contributed by atoms with Crippen molar-refractivity contribution in [1.29, 1.82) is 0 Å². The molecule has 0 aliphatic heterocycles. The highest BCUT2D eigenvalue weighted by molar-refractivity contribution is 5.71. The zero-order chi connectivity index (χ0) is 58.5. The molecule has 0 saturated carbocycles. The van der Waals surface area contributed by atoms with Gasteiger partial charge in [-0.05, 0) is 141 Å².